The molecule has 2 aromatic carbocycles. The van der Waals surface area contributed by atoms with Crippen LogP contribution in [0.4, 0.5) is 20.2 Å². The van der Waals surface area contributed by atoms with Crippen molar-refractivity contribution < 1.29 is 35.5 Å². The van der Waals surface area contributed by atoms with Crippen LogP contribution < -0.4 is 10.0 Å². The first-order chi connectivity index (χ1) is 18.2. The summed E-state index contributed by atoms with van der Waals surface area (Å²) in [5.74, 6) is -1.93. The highest BCUT2D eigenvalue weighted by molar-refractivity contribution is 7.95. The SMILES string of the molecule is CCCC(C)C1C(O)=C(C2=C(F)S(=O)(=O)c3cc(NS(C)(=O)=O)ccc3N2)C(=O)N1Cc1ccc(F)c(C)c1. The second kappa shape index (κ2) is 10.3. The van der Waals surface area contributed by atoms with Crippen molar-refractivity contribution in [2.45, 2.75) is 51.1 Å². The van der Waals surface area contributed by atoms with Crippen LogP contribution in [0.3, 0.4) is 0 Å². The van der Waals surface area contributed by atoms with Gasteiger partial charge >= 0.3 is 0 Å². The lowest BCUT2D eigenvalue weighted by Gasteiger charge is -2.30. The molecule has 9 nitrogen and oxygen atoms in total. The summed E-state index contributed by atoms with van der Waals surface area (Å²) < 4.78 is 81.0. The zero-order valence-electron chi connectivity index (χ0n) is 21.7. The topological polar surface area (TPSA) is 133 Å². The maximum absolute atomic E-state index is 15.6. The van der Waals surface area contributed by atoms with E-state index in [-0.39, 0.29) is 23.8 Å². The van der Waals surface area contributed by atoms with Crippen LogP contribution in [0.1, 0.15) is 37.8 Å². The molecule has 39 heavy (non-hydrogen) atoms. The van der Waals surface area contributed by atoms with Crippen LogP contribution in [0.5, 0.6) is 0 Å². The van der Waals surface area contributed by atoms with E-state index in [1.54, 1.807) is 13.0 Å². The molecule has 0 saturated heterocycles. The third-order valence-corrected chi connectivity index (χ3v) is 8.92. The number of sulfonamides is 1. The van der Waals surface area contributed by atoms with E-state index in [2.05, 4.69) is 10.0 Å². The van der Waals surface area contributed by atoms with Gasteiger partial charge in [-0.15, -0.1) is 0 Å². The minimum atomic E-state index is -4.81. The standard InChI is InChI=1S/C26H29F2N3O6S2/c1-5-6-14(2)23-24(32)21(26(33)31(23)13-16-7-9-18(27)15(3)11-16)22-25(28)39(36,37)20-12-17(30-38(4,34)35)8-10-19(20)29-22/h7-12,14,23,29-30,32H,5-6,13H2,1-4H3. The molecule has 2 heterocycles. The number of halogens is 2. The number of benzene rings is 2. The average molecular weight is 582 g/mol. The average Bonchev–Trinajstić information content (AvgIpc) is 3.07. The van der Waals surface area contributed by atoms with Crippen molar-refractivity contribution in [3.63, 3.8) is 0 Å². The zero-order chi connectivity index (χ0) is 28.9. The van der Waals surface area contributed by atoms with E-state index >= 15 is 4.39 Å². The van der Waals surface area contributed by atoms with Crippen molar-refractivity contribution in [2.75, 3.05) is 16.3 Å². The van der Waals surface area contributed by atoms with Crippen molar-refractivity contribution in [1.82, 2.24) is 4.90 Å². The molecule has 1 amide bonds. The molecular formula is C26H29F2N3O6S2. The van der Waals surface area contributed by atoms with Gasteiger partial charge in [0.05, 0.1) is 22.9 Å². The third-order valence-electron chi connectivity index (χ3n) is 6.72. The maximum Gasteiger partial charge on any atom is 0.260 e. The van der Waals surface area contributed by atoms with Gasteiger partial charge in [0.2, 0.25) is 25.0 Å². The smallest absolute Gasteiger partial charge is 0.260 e. The molecule has 3 N–H and O–H groups in total. The van der Waals surface area contributed by atoms with Gasteiger partial charge in [-0.3, -0.25) is 9.52 Å². The van der Waals surface area contributed by atoms with Crippen molar-refractivity contribution in [2.24, 2.45) is 5.92 Å². The zero-order valence-corrected chi connectivity index (χ0v) is 23.4. The molecule has 0 saturated carbocycles. The van der Waals surface area contributed by atoms with Crippen LogP contribution in [0.15, 0.2) is 63.5 Å². The first-order valence-electron chi connectivity index (χ1n) is 12.2. The largest absolute Gasteiger partial charge is 0.509 e. The van der Waals surface area contributed by atoms with E-state index in [0.29, 0.717) is 17.5 Å². The summed E-state index contributed by atoms with van der Waals surface area (Å²) in [6, 6.07) is 6.96. The number of nitrogens with one attached hydrogen (secondary N) is 2. The minimum absolute atomic E-state index is 0.0228. The summed E-state index contributed by atoms with van der Waals surface area (Å²) in [7, 11) is -8.54. The molecule has 0 bridgehead atoms. The Hall–Kier alpha value is -3.45. The van der Waals surface area contributed by atoms with Crippen LogP contribution in [0.25, 0.3) is 0 Å². The number of carbonyl (C=O) groups is 1. The van der Waals surface area contributed by atoms with Crippen LogP contribution in [-0.2, 0) is 31.2 Å². The van der Waals surface area contributed by atoms with Crippen LogP contribution >= 0.6 is 0 Å². The van der Waals surface area contributed by atoms with Gasteiger partial charge in [-0.25, -0.2) is 21.2 Å². The lowest BCUT2D eigenvalue weighted by molar-refractivity contribution is -0.128. The molecule has 2 unspecified atom stereocenters. The maximum atomic E-state index is 15.6. The summed E-state index contributed by atoms with van der Waals surface area (Å²) in [4.78, 5) is 14.5. The highest BCUT2D eigenvalue weighted by atomic mass is 32.2. The van der Waals surface area contributed by atoms with Gasteiger partial charge in [-0.2, -0.15) is 4.39 Å². The number of amides is 1. The Morgan fingerprint density at radius 3 is 2.49 bits per heavy atom. The number of aliphatic hydroxyl groups excluding tert-OH is 1. The Labute approximate surface area is 226 Å². The number of hydrogen-bond donors (Lipinski definition) is 3. The van der Waals surface area contributed by atoms with E-state index in [0.717, 1.165) is 18.7 Å². The third kappa shape index (κ3) is 5.37. The second-order valence-corrected chi connectivity index (χ2v) is 13.4. The lowest BCUT2D eigenvalue weighted by atomic mass is 9.94. The number of aryl methyl sites for hydroxylation is 1. The lowest BCUT2D eigenvalue weighted by Crippen LogP contribution is -2.39. The molecule has 0 aliphatic carbocycles. The van der Waals surface area contributed by atoms with Gasteiger partial charge < -0.3 is 15.3 Å². The number of anilines is 2. The number of carbonyl (C=O) groups excluding carboxylic acids is 1. The van der Waals surface area contributed by atoms with Crippen molar-refractivity contribution in [3.05, 3.63) is 75.5 Å². The quantitative estimate of drug-likeness (QED) is 0.418. The molecule has 0 aromatic heterocycles. The second-order valence-electron chi connectivity index (χ2n) is 9.85. The predicted molar refractivity (Wildman–Crippen MR) is 143 cm³/mol. The summed E-state index contributed by atoms with van der Waals surface area (Å²) in [6.45, 7) is 5.31. The van der Waals surface area contributed by atoms with Gasteiger partial charge in [-0.1, -0.05) is 32.4 Å². The molecule has 2 aromatic rings. The molecule has 2 atom stereocenters. The monoisotopic (exact) mass is 581 g/mol. The van der Waals surface area contributed by atoms with Crippen molar-refractivity contribution in [1.29, 1.82) is 0 Å². The molecule has 2 aliphatic heterocycles. The number of nitrogens with zero attached hydrogens (tertiary/aromatic N) is 1. The van der Waals surface area contributed by atoms with Crippen LogP contribution in [0.2, 0.25) is 0 Å². The van der Waals surface area contributed by atoms with Crippen molar-refractivity contribution in [3.8, 4) is 0 Å². The molecular weight excluding hydrogens is 552 g/mol. The molecule has 2 aliphatic rings. The Morgan fingerprint density at radius 2 is 1.87 bits per heavy atom. The van der Waals surface area contributed by atoms with Gasteiger partial charge in [0, 0.05) is 12.2 Å². The van der Waals surface area contributed by atoms with Gasteiger partial charge in [0.25, 0.3) is 5.91 Å². The van der Waals surface area contributed by atoms with E-state index in [4.69, 9.17) is 0 Å². The normalized spacial score (nSPS) is 19.7. The van der Waals surface area contributed by atoms with E-state index in [9.17, 15) is 31.1 Å². The Morgan fingerprint density at radius 1 is 1.18 bits per heavy atom. The Kier molecular flexibility index (Phi) is 7.52. The molecule has 0 spiro atoms. The van der Waals surface area contributed by atoms with Crippen LogP contribution in [0, 0.1) is 18.7 Å². The number of fused-ring (bicyclic) bond motifs is 1. The molecule has 210 valence electrons. The summed E-state index contributed by atoms with van der Waals surface area (Å²) in [6.07, 6.45) is 2.23. The molecule has 4 rings (SSSR count). The van der Waals surface area contributed by atoms with E-state index in [1.807, 2.05) is 13.8 Å². The minimum Gasteiger partial charge on any atom is -0.509 e. The van der Waals surface area contributed by atoms with E-state index < -0.39 is 64.7 Å². The fourth-order valence-corrected chi connectivity index (χ4v) is 6.83. The summed E-state index contributed by atoms with van der Waals surface area (Å²) >= 11 is 0. The molecule has 0 radical (unpaired) electrons. The first kappa shape index (κ1) is 28.6. The first-order valence-corrected chi connectivity index (χ1v) is 15.6. The Balaban J connectivity index is 1.79. The molecule has 0 fully saturated rings. The van der Waals surface area contributed by atoms with Gasteiger partial charge in [0.15, 0.2) is 0 Å². The predicted octanol–water partition coefficient (Wildman–Crippen LogP) is 4.50. The van der Waals surface area contributed by atoms with E-state index in [1.165, 1.54) is 29.2 Å². The Bertz CT molecular complexity index is 1630. The number of rotatable bonds is 8. The summed E-state index contributed by atoms with van der Waals surface area (Å²) in [5, 5.41) is 12.2. The summed E-state index contributed by atoms with van der Waals surface area (Å²) in [5.41, 5.74) is -0.438. The highest BCUT2D eigenvalue weighted by Crippen LogP contribution is 2.43. The van der Waals surface area contributed by atoms with Gasteiger partial charge in [0.1, 0.15) is 22.8 Å². The molecule has 13 heteroatoms. The number of sulfone groups is 1. The highest BCUT2D eigenvalue weighted by Gasteiger charge is 2.47. The van der Waals surface area contributed by atoms with Crippen molar-refractivity contribution >= 4 is 37.1 Å². The number of aliphatic hydroxyl groups is 1. The van der Waals surface area contributed by atoms with Gasteiger partial charge in [-0.05, 0) is 54.7 Å². The van der Waals surface area contributed by atoms with Crippen LogP contribution in [-0.4, -0.2) is 45.0 Å². The fraction of sp³-hybridized carbons (Fsp3) is 0.346. The number of hydrogen-bond acceptors (Lipinski definition) is 7. The fourth-order valence-electron chi connectivity index (χ4n) is 4.97.